The van der Waals surface area contributed by atoms with Crippen molar-refractivity contribution in [2.75, 3.05) is 7.11 Å². The summed E-state index contributed by atoms with van der Waals surface area (Å²) in [7, 11) is 1.49. The van der Waals surface area contributed by atoms with Crippen LogP contribution in [0, 0.1) is 35.5 Å². The normalized spacial score (nSPS) is 48.3. The van der Waals surface area contributed by atoms with Gasteiger partial charge in [-0.3, -0.25) is 4.79 Å². The number of aliphatic hydroxyl groups is 1. The van der Waals surface area contributed by atoms with Crippen LogP contribution in [0.1, 0.15) is 40.5 Å². The van der Waals surface area contributed by atoms with E-state index in [1.165, 1.54) is 7.11 Å². The van der Waals surface area contributed by atoms with E-state index in [2.05, 4.69) is 18.7 Å². The third-order valence-electron chi connectivity index (χ3n) is 8.32. The second-order valence-electron chi connectivity index (χ2n) is 10.1. The van der Waals surface area contributed by atoms with Crippen molar-refractivity contribution in [3.05, 3.63) is 36.5 Å². The first kappa shape index (κ1) is 23.4. The maximum atomic E-state index is 13.8. The van der Waals surface area contributed by atoms with E-state index in [9.17, 15) is 14.7 Å². The lowest BCUT2D eigenvalue weighted by Gasteiger charge is -2.46. The van der Waals surface area contributed by atoms with Crippen LogP contribution < -0.4 is 0 Å². The number of esters is 1. The molecular weight excluding hydrogens is 408 g/mol. The maximum absolute atomic E-state index is 13.8. The van der Waals surface area contributed by atoms with Gasteiger partial charge in [-0.1, -0.05) is 38.2 Å². The zero-order chi connectivity index (χ0) is 23.4. The molecule has 0 amide bonds. The number of Topliss-reactive ketones (excluding diaryl/α,β-unsaturated/α-hetero) is 1. The average Bonchev–Trinajstić information content (AvgIpc) is 2.94. The number of hydrogen-bond donors (Lipinski definition) is 1. The third-order valence-corrected chi connectivity index (χ3v) is 8.32. The molecule has 1 N–H and O–H groups in total. The minimum Gasteiger partial charge on any atom is -0.457 e. The van der Waals surface area contributed by atoms with Crippen molar-refractivity contribution >= 4 is 11.8 Å². The van der Waals surface area contributed by atoms with Crippen molar-refractivity contribution in [3.63, 3.8) is 0 Å². The zero-order valence-corrected chi connectivity index (χ0v) is 19.7. The topological polar surface area (TPSA) is 82.1 Å². The summed E-state index contributed by atoms with van der Waals surface area (Å²) in [6.07, 6.45) is 6.80. The summed E-state index contributed by atoms with van der Waals surface area (Å²) in [6.45, 7) is 11.5. The molecule has 6 nitrogen and oxygen atoms in total. The molecule has 11 atom stereocenters. The number of aliphatic hydroxyl groups excluding tert-OH is 1. The summed E-state index contributed by atoms with van der Waals surface area (Å²) in [6, 6.07) is 0. The average molecular weight is 445 g/mol. The van der Waals surface area contributed by atoms with Crippen molar-refractivity contribution in [1.29, 1.82) is 0 Å². The largest absolute Gasteiger partial charge is 0.457 e. The molecule has 0 aromatic rings. The molecule has 1 saturated carbocycles. The first-order chi connectivity index (χ1) is 15.2. The van der Waals surface area contributed by atoms with Crippen LogP contribution in [0.2, 0.25) is 0 Å². The van der Waals surface area contributed by atoms with Gasteiger partial charge < -0.3 is 19.3 Å². The van der Waals surface area contributed by atoms with Crippen molar-refractivity contribution in [3.8, 4) is 0 Å². The van der Waals surface area contributed by atoms with Gasteiger partial charge in [0.05, 0.1) is 18.1 Å². The molecule has 4 rings (SSSR count). The smallest absolute Gasteiger partial charge is 0.335 e. The second kappa shape index (κ2) is 8.54. The first-order valence-corrected chi connectivity index (χ1v) is 11.8. The van der Waals surface area contributed by atoms with Crippen LogP contribution >= 0.6 is 0 Å². The molecular formula is C26H36O6. The quantitative estimate of drug-likeness (QED) is 0.530. The number of ketones is 1. The first-order valence-electron chi connectivity index (χ1n) is 11.8. The molecule has 4 bridgehead atoms. The Morgan fingerprint density at radius 3 is 2.69 bits per heavy atom. The fourth-order valence-corrected chi connectivity index (χ4v) is 6.76. The molecule has 1 unspecified atom stereocenters. The van der Waals surface area contributed by atoms with Crippen LogP contribution in [-0.4, -0.2) is 54.0 Å². The van der Waals surface area contributed by atoms with Gasteiger partial charge >= 0.3 is 5.97 Å². The SMILES string of the molecule is C=CC[C@H]1[C@@H]2O[C@@]34/C(C)=C/[C@@H](C)[C@@H](C(C)O)OC(=O)[C@@H](OC)C[C@H]3C=C[C@@H]2[C@H]4C(=O)[C@@H]1C. The number of ether oxygens (including phenoxy) is 3. The molecule has 176 valence electrons. The van der Waals surface area contributed by atoms with E-state index < -0.39 is 29.9 Å². The van der Waals surface area contributed by atoms with E-state index >= 15 is 0 Å². The van der Waals surface area contributed by atoms with Gasteiger partial charge in [-0.15, -0.1) is 6.58 Å². The second-order valence-corrected chi connectivity index (χ2v) is 10.1. The molecule has 0 aromatic heterocycles. The van der Waals surface area contributed by atoms with Crippen molar-refractivity contribution in [2.45, 2.75) is 70.6 Å². The Labute approximate surface area is 190 Å². The molecule has 4 aliphatic rings. The Bertz CT molecular complexity index is 843. The highest BCUT2D eigenvalue weighted by molar-refractivity contribution is 5.88. The summed E-state index contributed by atoms with van der Waals surface area (Å²) in [4.78, 5) is 26.7. The highest BCUT2D eigenvalue weighted by Gasteiger charge is 2.68. The Morgan fingerprint density at radius 1 is 1.34 bits per heavy atom. The van der Waals surface area contributed by atoms with Gasteiger partial charge in [0, 0.05) is 30.8 Å². The predicted octanol–water partition coefficient (Wildman–Crippen LogP) is 3.25. The molecule has 2 aliphatic heterocycles. The van der Waals surface area contributed by atoms with Crippen LogP contribution in [-0.2, 0) is 23.8 Å². The van der Waals surface area contributed by atoms with E-state index in [0.29, 0.717) is 6.42 Å². The molecule has 32 heavy (non-hydrogen) atoms. The van der Waals surface area contributed by atoms with Crippen LogP contribution in [0.15, 0.2) is 36.5 Å². The van der Waals surface area contributed by atoms with E-state index in [1.54, 1.807) is 6.92 Å². The zero-order valence-electron chi connectivity index (χ0n) is 19.7. The standard InChI is InChI=1S/C26H36O6/c1-7-8-18-15(4)22(28)21-19-10-9-17-12-20(30-6)25(29)31-23(16(5)27)13(2)11-14(3)26(17,21)32-24(18)19/h7,9-11,13,15-21,23-24,27H,1,8,12H2,2-6H3/b14-11+/t13-,15-,16?,17-,18-,19-,20+,21+,23+,24+,26+/m1/s1. The number of rotatable bonds is 4. The Balaban J connectivity index is 1.87. The molecule has 6 heteroatoms. The number of methoxy groups -OCH3 is 1. The Morgan fingerprint density at radius 2 is 2.06 bits per heavy atom. The molecule has 2 heterocycles. The summed E-state index contributed by atoms with van der Waals surface area (Å²) < 4.78 is 18.2. The van der Waals surface area contributed by atoms with Crippen LogP contribution in [0.5, 0.6) is 0 Å². The van der Waals surface area contributed by atoms with Gasteiger partial charge in [0.25, 0.3) is 0 Å². The molecule has 0 aromatic carbocycles. The fraction of sp³-hybridized carbons (Fsp3) is 0.692. The van der Waals surface area contributed by atoms with Gasteiger partial charge in [-0.2, -0.15) is 0 Å². The minimum absolute atomic E-state index is 0.0157. The summed E-state index contributed by atoms with van der Waals surface area (Å²) >= 11 is 0. The highest BCUT2D eigenvalue weighted by atomic mass is 16.6. The lowest BCUT2D eigenvalue weighted by Crippen LogP contribution is -2.54. The summed E-state index contributed by atoms with van der Waals surface area (Å²) in [5.41, 5.74) is 0.146. The third kappa shape index (κ3) is 3.34. The van der Waals surface area contributed by atoms with E-state index in [1.807, 2.05) is 32.9 Å². The number of hydrogen-bond acceptors (Lipinski definition) is 6. The lowest BCUT2D eigenvalue weighted by molar-refractivity contribution is -0.171. The van der Waals surface area contributed by atoms with Gasteiger partial charge in [0.15, 0.2) is 6.10 Å². The number of cyclic esters (lactones) is 1. The molecule has 2 aliphatic carbocycles. The van der Waals surface area contributed by atoms with Gasteiger partial charge in [-0.05, 0) is 38.2 Å². The van der Waals surface area contributed by atoms with E-state index in [-0.39, 0.29) is 47.4 Å². The molecule has 1 saturated heterocycles. The van der Waals surface area contributed by atoms with E-state index in [0.717, 1.165) is 12.0 Å². The van der Waals surface area contributed by atoms with Gasteiger partial charge in [-0.25, -0.2) is 4.79 Å². The van der Waals surface area contributed by atoms with Crippen molar-refractivity contribution in [1.82, 2.24) is 0 Å². The number of carbonyl (C=O) groups is 2. The minimum atomic E-state index is -0.843. The highest BCUT2D eigenvalue weighted by Crippen LogP contribution is 2.61. The predicted molar refractivity (Wildman–Crippen MR) is 120 cm³/mol. The van der Waals surface area contributed by atoms with Crippen LogP contribution in [0.4, 0.5) is 0 Å². The van der Waals surface area contributed by atoms with Crippen LogP contribution in [0.25, 0.3) is 0 Å². The Kier molecular flexibility index (Phi) is 6.25. The maximum Gasteiger partial charge on any atom is 0.335 e. The lowest BCUT2D eigenvalue weighted by atomic mass is 9.56. The Hall–Kier alpha value is -1.76. The van der Waals surface area contributed by atoms with Crippen molar-refractivity contribution < 1.29 is 28.9 Å². The van der Waals surface area contributed by atoms with E-state index in [4.69, 9.17) is 14.2 Å². The summed E-state index contributed by atoms with van der Waals surface area (Å²) in [5.74, 6) is -1.02. The molecule has 2 fully saturated rings. The molecule has 0 radical (unpaired) electrons. The summed E-state index contributed by atoms with van der Waals surface area (Å²) in [5, 5.41) is 10.3. The molecule has 1 spiro atoms. The van der Waals surface area contributed by atoms with Crippen molar-refractivity contribution in [2.24, 2.45) is 35.5 Å². The number of allylic oxidation sites excluding steroid dienone is 1. The van der Waals surface area contributed by atoms with Crippen LogP contribution in [0.3, 0.4) is 0 Å². The fourth-order valence-electron chi connectivity index (χ4n) is 6.76. The number of carbonyl (C=O) groups excluding carboxylic acids is 2. The van der Waals surface area contributed by atoms with Gasteiger partial charge in [0.1, 0.15) is 17.5 Å². The van der Waals surface area contributed by atoms with Gasteiger partial charge in [0.2, 0.25) is 0 Å². The monoisotopic (exact) mass is 444 g/mol.